The van der Waals surface area contributed by atoms with Gasteiger partial charge < -0.3 is 33.4 Å². The van der Waals surface area contributed by atoms with E-state index in [4.69, 9.17) is 24.5 Å². The van der Waals surface area contributed by atoms with E-state index in [-0.39, 0.29) is 0 Å². The second-order valence-electron chi connectivity index (χ2n) is 7.04. The molecule has 0 unspecified atom stereocenters. The first kappa shape index (κ1) is 23.1. The van der Waals surface area contributed by atoms with E-state index in [0.29, 0.717) is 0 Å². The van der Waals surface area contributed by atoms with Gasteiger partial charge >= 0.3 is 0 Å². The van der Waals surface area contributed by atoms with Crippen molar-refractivity contribution in [3.05, 3.63) is 0 Å². The highest BCUT2D eigenvalue weighted by Gasteiger charge is 2.26. The fourth-order valence-electron chi connectivity index (χ4n) is 3.08. The normalized spacial score (nSPS) is 20.5. The number of hydrogen-bond acceptors (Lipinski definition) is 5. The van der Waals surface area contributed by atoms with Crippen LogP contribution in [0.15, 0.2) is 0 Å². The molecule has 0 spiro atoms. The van der Waals surface area contributed by atoms with E-state index in [1.165, 1.54) is 51.9 Å². The lowest BCUT2D eigenvalue weighted by atomic mass is 10.4. The third kappa shape index (κ3) is 11.6. The number of carboxylic acid groups (broad SMARTS) is 2. The number of ether oxygens (including phenoxy) is 2. The van der Waals surface area contributed by atoms with Gasteiger partial charge in [-0.25, -0.2) is 0 Å². The molecule has 2 aliphatic rings. The molecule has 2 rings (SSSR count). The SMILES string of the molecule is CCOC[N+]1(C)CCCC1.CCOC[N+]1(C)CCCC1.O=C([O-])[O-]. The minimum atomic E-state index is -2.33. The molecule has 7 nitrogen and oxygen atoms in total. The lowest BCUT2D eigenvalue weighted by Crippen LogP contribution is -2.42. The summed E-state index contributed by atoms with van der Waals surface area (Å²) < 4.78 is 13.1. The number of likely N-dealkylation sites (tertiary alicyclic amines) is 2. The summed E-state index contributed by atoms with van der Waals surface area (Å²) in [7, 11) is 4.56. The zero-order valence-electron chi connectivity index (χ0n) is 15.9. The van der Waals surface area contributed by atoms with E-state index in [1.807, 2.05) is 0 Å². The molecule has 0 aromatic heterocycles. The van der Waals surface area contributed by atoms with Gasteiger partial charge in [0.25, 0.3) is 0 Å². The second kappa shape index (κ2) is 12.5. The minimum absolute atomic E-state index is 0.855. The predicted octanol–water partition coefficient (Wildman–Crippen LogP) is -0.00540. The fraction of sp³-hybridized carbons (Fsp3) is 0.941. The lowest BCUT2D eigenvalue weighted by Gasteiger charge is -2.27. The number of carbonyl (C=O) groups is 1. The molecule has 0 aromatic carbocycles. The Labute approximate surface area is 146 Å². The van der Waals surface area contributed by atoms with Gasteiger partial charge in [-0.1, -0.05) is 0 Å². The average molecular weight is 348 g/mol. The maximum Gasteiger partial charge on any atom is 0.182 e. The number of quaternary nitrogens is 2. The fourth-order valence-corrected chi connectivity index (χ4v) is 3.08. The van der Waals surface area contributed by atoms with Crippen LogP contribution >= 0.6 is 0 Å². The molecule has 2 fully saturated rings. The largest absolute Gasteiger partial charge is 0.652 e. The lowest BCUT2D eigenvalue weighted by molar-refractivity contribution is -0.916. The molecule has 0 atom stereocenters. The van der Waals surface area contributed by atoms with Crippen LogP contribution in [0, 0.1) is 0 Å². The Morgan fingerprint density at radius 3 is 1.25 bits per heavy atom. The van der Waals surface area contributed by atoms with Crippen molar-refractivity contribution in [2.75, 3.05) is 66.9 Å². The van der Waals surface area contributed by atoms with E-state index in [9.17, 15) is 0 Å². The minimum Gasteiger partial charge on any atom is -0.652 e. The van der Waals surface area contributed by atoms with E-state index in [1.54, 1.807) is 0 Å². The Bertz CT molecular complexity index is 297. The Kier molecular flexibility index (Phi) is 12.0. The highest BCUT2D eigenvalue weighted by molar-refractivity contribution is 5.47. The third-order valence-electron chi connectivity index (χ3n) is 4.51. The van der Waals surface area contributed by atoms with Gasteiger partial charge in [0.05, 0.1) is 40.3 Å². The smallest absolute Gasteiger partial charge is 0.182 e. The van der Waals surface area contributed by atoms with Crippen LogP contribution < -0.4 is 10.2 Å². The van der Waals surface area contributed by atoms with Crippen LogP contribution in [-0.2, 0) is 9.47 Å². The zero-order chi connectivity index (χ0) is 18.5. The van der Waals surface area contributed by atoms with Crippen LogP contribution in [0.1, 0.15) is 39.5 Å². The van der Waals surface area contributed by atoms with Gasteiger partial charge in [-0.05, 0) is 20.0 Å². The first-order chi connectivity index (χ1) is 11.3. The molecule has 2 aliphatic heterocycles. The molecule has 0 aliphatic carbocycles. The molecule has 2 heterocycles. The summed E-state index contributed by atoms with van der Waals surface area (Å²) in [4.78, 5) is 8.33. The number of carbonyl (C=O) groups excluding carboxylic acids is 1. The Balaban J connectivity index is 0.000000363. The van der Waals surface area contributed by atoms with Gasteiger partial charge in [0.15, 0.2) is 13.5 Å². The van der Waals surface area contributed by atoms with Crippen molar-refractivity contribution in [2.45, 2.75) is 39.5 Å². The van der Waals surface area contributed by atoms with Crippen LogP contribution in [-0.4, -0.2) is 82.1 Å². The van der Waals surface area contributed by atoms with Crippen LogP contribution in [0.25, 0.3) is 0 Å². The maximum absolute atomic E-state index is 8.33. The van der Waals surface area contributed by atoms with Crippen LogP contribution in [0.5, 0.6) is 0 Å². The molecule has 24 heavy (non-hydrogen) atoms. The summed E-state index contributed by atoms with van der Waals surface area (Å²) in [6.07, 6.45) is 3.18. The number of hydrogen-bond donors (Lipinski definition) is 0. The van der Waals surface area contributed by atoms with Crippen molar-refractivity contribution >= 4 is 6.16 Å². The molecular weight excluding hydrogens is 312 g/mol. The zero-order valence-corrected chi connectivity index (χ0v) is 15.9. The predicted molar refractivity (Wildman–Crippen MR) is 88.7 cm³/mol. The summed E-state index contributed by atoms with van der Waals surface area (Å²) in [5, 5.41) is 16.7. The van der Waals surface area contributed by atoms with Gasteiger partial charge in [-0.2, -0.15) is 0 Å². The van der Waals surface area contributed by atoms with E-state index < -0.39 is 6.16 Å². The average Bonchev–Trinajstić information content (AvgIpc) is 3.13. The van der Waals surface area contributed by atoms with Crippen molar-refractivity contribution in [1.82, 2.24) is 0 Å². The summed E-state index contributed by atoms with van der Waals surface area (Å²) in [5.41, 5.74) is 0. The Morgan fingerprint density at radius 1 is 0.792 bits per heavy atom. The summed E-state index contributed by atoms with van der Waals surface area (Å²) >= 11 is 0. The molecule has 0 bridgehead atoms. The Morgan fingerprint density at radius 2 is 1.04 bits per heavy atom. The molecule has 0 N–H and O–H groups in total. The van der Waals surface area contributed by atoms with Crippen LogP contribution in [0.3, 0.4) is 0 Å². The monoisotopic (exact) mass is 348 g/mol. The van der Waals surface area contributed by atoms with Gasteiger partial charge in [0.2, 0.25) is 0 Å². The van der Waals surface area contributed by atoms with E-state index in [2.05, 4.69) is 27.9 Å². The molecule has 7 heteroatoms. The van der Waals surface area contributed by atoms with Crippen molar-refractivity contribution < 1.29 is 33.4 Å². The van der Waals surface area contributed by atoms with E-state index >= 15 is 0 Å². The van der Waals surface area contributed by atoms with Gasteiger partial charge in [0.1, 0.15) is 0 Å². The van der Waals surface area contributed by atoms with Gasteiger partial charge in [-0.15, -0.1) is 0 Å². The quantitative estimate of drug-likeness (QED) is 0.631. The second-order valence-corrected chi connectivity index (χ2v) is 7.04. The van der Waals surface area contributed by atoms with Gasteiger partial charge in [0, 0.05) is 38.9 Å². The molecule has 0 radical (unpaired) electrons. The topological polar surface area (TPSA) is 81.7 Å². The molecular formula is C17H36N2O5. The van der Waals surface area contributed by atoms with Crippen molar-refractivity contribution in [3.8, 4) is 0 Å². The Hall–Kier alpha value is -0.890. The first-order valence-corrected chi connectivity index (χ1v) is 8.97. The molecule has 2 saturated heterocycles. The maximum atomic E-state index is 8.33. The standard InChI is InChI=1S/2C8H18NO.CH2O3/c2*1-3-10-8-9(2)6-4-5-7-9;2-1(3)4/h2*3-8H2,1-2H3;(H2,2,3,4)/q2*+1;/p-2. The molecule has 0 amide bonds. The number of nitrogens with zero attached hydrogens (tertiary/aromatic N) is 2. The molecule has 0 saturated carbocycles. The van der Waals surface area contributed by atoms with Crippen molar-refractivity contribution in [3.63, 3.8) is 0 Å². The highest BCUT2D eigenvalue weighted by Crippen LogP contribution is 2.16. The summed E-state index contributed by atoms with van der Waals surface area (Å²) in [6, 6.07) is 0. The summed E-state index contributed by atoms with van der Waals surface area (Å²) in [5.74, 6) is 0. The van der Waals surface area contributed by atoms with Crippen molar-refractivity contribution in [1.29, 1.82) is 0 Å². The van der Waals surface area contributed by atoms with Crippen LogP contribution in [0.2, 0.25) is 0 Å². The molecule has 144 valence electrons. The third-order valence-corrected chi connectivity index (χ3v) is 4.51. The summed E-state index contributed by atoms with van der Waals surface area (Å²) in [6.45, 7) is 12.9. The van der Waals surface area contributed by atoms with Gasteiger partial charge in [-0.3, -0.25) is 0 Å². The molecule has 0 aromatic rings. The van der Waals surface area contributed by atoms with E-state index in [0.717, 1.165) is 35.6 Å². The van der Waals surface area contributed by atoms with Crippen LogP contribution in [0.4, 0.5) is 4.79 Å². The highest BCUT2D eigenvalue weighted by atomic mass is 16.6. The first-order valence-electron chi connectivity index (χ1n) is 8.97. The number of rotatable bonds is 6. The van der Waals surface area contributed by atoms with Crippen molar-refractivity contribution in [2.24, 2.45) is 0 Å².